The van der Waals surface area contributed by atoms with Crippen molar-refractivity contribution in [2.75, 3.05) is 19.0 Å². The molecule has 0 aliphatic heterocycles. The van der Waals surface area contributed by atoms with Crippen molar-refractivity contribution in [1.29, 1.82) is 0 Å². The van der Waals surface area contributed by atoms with Gasteiger partial charge in [0.15, 0.2) is 5.13 Å². The highest BCUT2D eigenvalue weighted by Gasteiger charge is 2.22. The van der Waals surface area contributed by atoms with Crippen LogP contribution in [0, 0.1) is 0 Å². The van der Waals surface area contributed by atoms with E-state index < -0.39 is 23.8 Å². The molecule has 138 valence electrons. The van der Waals surface area contributed by atoms with Gasteiger partial charge in [0, 0.05) is 5.38 Å². The second kappa shape index (κ2) is 8.97. The van der Waals surface area contributed by atoms with Gasteiger partial charge in [0.2, 0.25) is 5.71 Å². The highest BCUT2D eigenvalue weighted by atomic mass is 32.1. The number of aromatic nitrogens is 1. The predicted molar refractivity (Wildman–Crippen MR) is 88.6 cm³/mol. The zero-order chi connectivity index (χ0) is 19.0. The number of hydrogen-bond acceptors (Lipinski definition) is 10. The van der Waals surface area contributed by atoms with E-state index in [2.05, 4.69) is 25.0 Å². The normalized spacial score (nSPS) is 11.5. The third kappa shape index (κ3) is 7.16. The smallest absolute Gasteiger partial charge is 0.461 e. The molecule has 1 aromatic rings. The van der Waals surface area contributed by atoms with E-state index in [4.69, 9.17) is 9.47 Å². The van der Waals surface area contributed by atoms with Crippen molar-refractivity contribution in [3.63, 3.8) is 0 Å². The van der Waals surface area contributed by atoms with Gasteiger partial charge in [-0.15, -0.1) is 11.3 Å². The molecule has 1 heterocycles. The minimum atomic E-state index is -1.11. The standard InChI is InChI=1S/C14H19N3O7S/c1-6-22-10(18)9(17-24-13(20)21-5)8-7-25-11(15-8)16-12(19)23-14(2,3)4/h7H,6H2,1-5H3,(H,15,16,19). The first kappa shape index (κ1) is 20.4. The number of carbonyl (C=O) groups is 3. The fraction of sp³-hybridized carbons (Fsp3) is 0.500. The van der Waals surface area contributed by atoms with E-state index in [1.54, 1.807) is 27.7 Å². The van der Waals surface area contributed by atoms with Gasteiger partial charge in [-0.25, -0.2) is 19.4 Å². The summed E-state index contributed by atoms with van der Waals surface area (Å²) in [5.41, 5.74) is -0.963. The van der Waals surface area contributed by atoms with Gasteiger partial charge in [-0.1, -0.05) is 5.16 Å². The molecule has 0 atom stereocenters. The van der Waals surface area contributed by atoms with Crippen molar-refractivity contribution in [2.24, 2.45) is 5.16 Å². The minimum Gasteiger partial charge on any atom is -0.461 e. The molecule has 25 heavy (non-hydrogen) atoms. The molecule has 0 bridgehead atoms. The van der Waals surface area contributed by atoms with Gasteiger partial charge >= 0.3 is 18.2 Å². The number of carbonyl (C=O) groups excluding carboxylic acids is 3. The lowest BCUT2D eigenvalue weighted by atomic mass is 10.2. The van der Waals surface area contributed by atoms with E-state index in [9.17, 15) is 14.4 Å². The van der Waals surface area contributed by atoms with Crippen molar-refractivity contribution in [2.45, 2.75) is 33.3 Å². The van der Waals surface area contributed by atoms with Gasteiger partial charge in [0.05, 0.1) is 13.7 Å². The Labute approximate surface area is 148 Å². The molecule has 1 rings (SSSR count). The Morgan fingerprint density at radius 1 is 1.32 bits per heavy atom. The second-order valence-corrected chi connectivity index (χ2v) is 6.23. The first-order chi connectivity index (χ1) is 11.7. The number of hydrogen-bond donors (Lipinski definition) is 1. The Bertz CT molecular complexity index is 664. The summed E-state index contributed by atoms with van der Waals surface area (Å²) in [5.74, 6) is -0.847. The molecule has 0 unspecified atom stereocenters. The lowest BCUT2D eigenvalue weighted by Gasteiger charge is -2.18. The summed E-state index contributed by atoms with van der Waals surface area (Å²) >= 11 is 1.02. The zero-order valence-corrected chi connectivity index (χ0v) is 15.3. The molecule has 0 fully saturated rings. The summed E-state index contributed by atoms with van der Waals surface area (Å²) in [5, 5.41) is 7.43. The Balaban J connectivity index is 2.93. The summed E-state index contributed by atoms with van der Waals surface area (Å²) in [6, 6.07) is 0. The van der Waals surface area contributed by atoms with Gasteiger partial charge in [-0.3, -0.25) is 10.2 Å². The van der Waals surface area contributed by atoms with Crippen LogP contribution in [0.3, 0.4) is 0 Å². The monoisotopic (exact) mass is 373 g/mol. The molecule has 0 saturated heterocycles. The first-order valence-corrected chi connectivity index (χ1v) is 8.00. The van der Waals surface area contributed by atoms with E-state index in [0.717, 1.165) is 18.4 Å². The van der Waals surface area contributed by atoms with Crippen LogP contribution in [0.1, 0.15) is 33.4 Å². The van der Waals surface area contributed by atoms with Crippen LogP contribution in [0.25, 0.3) is 0 Å². The van der Waals surface area contributed by atoms with Crippen LogP contribution in [0.5, 0.6) is 0 Å². The lowest BCUT2D eigenvalue weighted by Crippen LogP contribution is -2.27. The number of rotatable bonds is 5. The Morgan fingerprint density at radius 2 is 2.00 bits per heavy atom. The van der Waals surface area contributed by atoms with E-state index in [1.165, 1.54) is 5.38 Å². The molecule has 1 aromatic heterocycles. The molecule has 11 heteroatoms. The van der Waals surface area contributed by atoms with E-state index in [-0.39, 0.29) is 23.1 Å². The average molecular weight is 373 g/mol. The van der Waals surface area contributed by atoms with Crippen molar-refractivity contribution >= 4 is 40.4 Å². The summed E-state index contributed by atoms with van der Waals surface area (Å²) in [6.07, 6.45) is -1.81. The number of ether oxygens (including phenoxy) is 3. The summed E-state index contributed by atoms with van der Waals surface area (Å²) in [6.45, 7) is 6.84. The molecule has 0 aromatic carbocycles. The van der Waals surface area contributed by atoms with Gasteiger partial charge in [-0.05, 0) is 27.7 Å². The Hall–Kier alpha value is -2.69. The van der Waals surface area contributed by atoms with Crippen LogP contribution in [-0.4, -0.2) is 48.2 Å². The third-order valence-electron chi connectivity index (χ3n) is 2.20. The highest BCUT2D eigenvalue weighted by molar-refractivity contribution is 7.14. The molecule has 0 aliphatic rings. The molecule has 0 radical (unpaired) electrons. The number of nitrogens with one attached hydrogen (secondary N) is 1. The van der Waals surface area contributed by atoms with Crippen molar-refractivity contribution in [3.05, 3.63) is 11.1 Å². The second-order valence-electron chi connectivity index (χ2n) is 5.37. The zero-order valence-electron chi connectivity index (χ0n) is 14.4. The molecule has 0 aliphatic carbocycles. The maximum Gasteiger partial charge on any atom is 0.534 e. The molecule has 1 N–H and O–H groups in total. The Kier molecular flexibility index (Phi) is 7.30. The van der Waals surface area contributed by atoms with Gasteiger partial charge in [-0.2, -0.15) is 0 Å². The summed E-state index contributed by atoms with van der Waals surface area (Å²) < 4.78 is 14.2. The van der Waals surface area contributed by atoms with Crippen molar-refractivity contribution < 1.29 is 33.4 Å². The van der Waals surface area contributed by atoms with Crippen LogP contribution < -0.4 is 5.32 Å². The van der Waals surface area contributed by atoms with Crippen LogP contribution in [0.4, 0.5) is 14.7 Å². The van der Waals surface area contributed by atoms with Gasteiger partial charge in [0.25, 0.3) is 0 Å². The largest absolute Gasteiger partial charge is 0.534 e. The molecule has 1 amide bonds. The highest BCUT2D eigenvalue weighted by Crippen LogP contribution is 2.18. The summed E-state index contributed by atoms with van der Waals surface area (Å²) in [4.78, 5) is 43.1. The molecular weight excluding hydrogens is 354 g/mol. The number of oxime groups is 1. The van der Waals surface area contributed by atoms with E-state index >= 15 is 0 Å². The molecule has 0 spiro atoms. The lowest BCUT2D eigenvalue weighted by molar-refractivity contribution is -0.135. The molecule has 0 saturated carbocycles. The number of thiazole rings is 1. The minimum absolute atomic E-state index is 0.0541. The molecular formula is C14H19N3O7S. The number of anilines is 1. The topological polar surface area (TPSA) is 125 Å². The maximum atomic E-state index is 11.9. The molecule has 10 nitrogen and oxygen atoms in total. The van der Waals surface area contributed by atoms with Crippen LogP contribution in [-0.2, 0) is 23.8 Å². The number of nitrogens with zero attached hydrogens (tertiary/aromatic N) is 2. The number of amides is 1. The van der Waals surface area contributed by atoms with Crippen molar-refractivity contribution in [3.8, 4) is 0 Å². The number of esters is 1. The third-order valence-corrected chi connectivity index (χ3v) is 2.96. The van der Waals surface area contributed by atoms with Crippen LogP contribution >= 0.6 is 11.3 Å². The predicted octanol–water partition coefficient (Wildman–Crippen LogP) is 2.54. The van der Waals surface area contributed by atoms with Gasteiger partial charge < -0.3 is 14.2 Å². The fourth-order valence-corrected chi connectivity index (χ4v) is 2.02. The van der Waals surface area contributed by atoms with Crippen LogP contribution in [0.2, 0.25) is 0 Å². The SMILES string of the molecule is CCOC(=O)C(=NOC(=O)OC)c1csc(NC(=O)OC(C)(C)C)n1. The quantitative estimate of drug-likeness (QED) is 0.274. The number of methoxy groups -OCH3 is 1. The van der Waals surface area contributed by atoms with Gasteiger partial charge in [0.1, 0.15) is 11.3 Å². The van der Waals surface area contributed by atoms with Crippen molar-refractivity contribution in [1.82, 2.24) is 4.98 Å². The summed E-state index contributed by atoms with van der Waals surface area (Å²) in [7, 11) is 1.09. The fourth-order valence-electron chi connectivity index (χ4n) is 1.34. The van der Waals surface area contributed by atoms with E-state index in [0.29, 0.717) is 0 Å². The van der Waals surface area contributed by atoms with Crippen LogP contribution in [0.15, 0.2) is 10.5 Å². The Morgan fingerprint density at radius 3 is 2.56 bits per heavy atom. The first-order valence-electron chi connectivity index (χ1n) is 7.12. The maximum absolute atomic E-state index is 11.9. The average Bonchev–Trinajstić information content (AvgIpc) is 2.93. The van der Waals surface area contributed by atoms with E-state index in [1.807, 2.05) is 0 Å².